The normalized spacial score (nSPS) is 10.1. The van der Waals surface area contributed by atoms with Crippen molar-refractivity contribution in [2.45, 2.75) is 0 Å². The van der Waals surface area contributed by atoms with Gasteiger partial charge in [0, 0.05) is 5.69 Å². The average molecular weight is 265 g/mol. The van der Waals surface area contributed by atoms with Gasteiger partial charge in [0.1, 0.15) is 5.82 Å². The van der Waals surface area contributed by atoms with E-state index < -0.39 is 11.7 Å². The van der Waals surface area contributed by atoms with Crippen LogP contribution in [0.4, 0.5) is 15.8 Å². The van der Waals surface area contributed by atoms with E-state index in [9.17, 15) is 9.18 Å². The van der Waals surface area contributed by atoms with Gasteiger partial charge in [-0.3, -0.25) is 4.79 Å². The lowest BCUT2D eigenvalue weighted by Crippen LogP contribution is -2.16. The van der Waals surface area contributed by atoms with Crippen LogP contribution in [-0.4, -0.2) is 5.91 Å². The Bertz CT molecular complexity index is 581. The van der Waals surface area contributed by atoms with Crippen molar-refractivity contribution in [3.8, 4) is 0 Å². The Balaban J connectivity index is 2.31. The lowest BCUT2D eigenvalue weighted by atomic mass is 10.1. The van der Waals surface area contributed by atoms with Crippen molar-refractivity contribution >= 4 is 28.9 Å². The van der Waals surface area contributed by atoms with E-state index in [2.05, 4.69) is 5.32 Å². The minimum Gasteiger partial charge on any atom is -0.398 e. The summed E-state index contributed by atoms with van der Waals surface area (Å²) in [7, 11) is 0. The molecule has 0 saturated carbocycles. The van der Waals surface area contributed by atoms with Crippen molar-refractivity contribution in [2.24, 2.45) is 0 Å². The molecule has 0 aliphatic rings. The molecule has 0 unspecified atom stereocenters. The summed E-state index contributed by atoms with van der Waals surface area (Å²) in [6, 6.07) is 10.8. The zero-order valence-electron chi connectivity index (χ0n) is 9.28. The molecule has 2 aromatic carbocycles. The van der Waals surface area contributed by atoms with Crippen LogP contribution in [0.15, 0.2) is 42.5 Å². The highest BCUT2D eigenvalue weighted by Crippen LogP contribution is 2.23. The highest BCUT2D eigenvalue weighted by atomic mass is 35.5. The number of rotatable bonds is 2. The van der Waals surface area contributed by atoms with E-state index in [-0.39, 0.29) is 11.3 Å². The predicted molar refractivity (Wildman–Crippen MR) is 70.2 cm³/mol. The standard InChI is InChI=1S/C13H10ClFN2O/c14-8-4-1-2-7-11(8)17-13(18)12-9(15)5-3-6-10(12)16/h1-7H,16H2,(H,17,18). The topological polar surface area (TPSA) is 55.1 Å². The van der Waals surface area contributed by atoms with Gasteiger partial charge in [0.05, 0.1) is 16.3 Å². The number of nitrogens with two attached hydrogens (primary N) is 1. The number of carbonyl (C=O) groups excluding carboxylic acids is 1. The third-order valence-corrected chi connectivity index (χ3v) is 2.72. The van der Waals surface area contributed by atoms with Crippen LogP contribution in [0.25, 0.3) is 0 Å². The fourth-order valence-electron chi connectivity index (χ4n) is 1.53. The van der Waals surface area contributed by atoms with Gasteiger partial charge in [0.25, 0.3) is 5.91 Å². The van der Waals surface area contributed by atoms with Gasteiger partial charge in [-0.2, -0.15) is 0 Å². The Morgan fingerprint density at radius 3 is 2.56 bits per heavy atom. The van der Waals surface area contributed by atoms with Crippen LogP contribution >= 0.6 is 11.6 Å². The second kappa shape index (κ2) is 5.06. The molecular formula is C13H10ClFN2O. The second-order valence-corrected chi connectivity index (χ2v) is 4.05. The molecule has 0 aliphatic heterocycles. The van der Waals surface area contributed by atoms with E-state index in [0.717, 1.165) is 0 Å². The van der Waals surface area contributed by atoms with Crippen LogP contribution < -0.4 is 11.1 Å². The molecule has 2 aromatic rings. The van der Waals surface area contributed by atoms with Crippen molar-refractivity contribution in [1.29, 1.82) is 0 Å². The number of carbonyl (C=O) groups is 1. The van der Waals surface area contributed by atoms with Gasteiger partial charge >= 0.3 is 0 Å². The van der Waals surface area contributed by atoms with Crippen molar-refractivity contribution in [3.05, 3.63) is 58.9 Å². The first-order valence-electron chi connectivity index (χ1n) is 5.19. The number of amides is 1. The van der Waals surface area contributed by atoms with Crippen molar-refractivity contribution in [3.63, 3.8) is 0 Å². The molecule has 0 saturated heterocycles. The quantitative estimate of drug-likeness (QED) is 0.818. The maximum atomic E-state index is 13.5. The van der Waals surface area contributed by atoms with E-state index in [1.165, 1.54) is 18.2 Å². The Kier molecular flexibility index (Phi) is 3.48. The fraction of sp³-hybridized carbons (Fsp3) is 0. The highest BCUT2D eigenvalue weighted by molar-refractivity contribution is 6.34. The Morgan fingerprint density at radius 1 is 1.17 bits per heavy atom. The number of halogens is 2. The first-order chi connectivity index (χ1) is 8.59. The second-order valence-electron chi connectivity index (χ2n) is 3.64. The van der Waals surface area contributed by atoms with Crippen molar-refractivity contribution in [1.82, 2.24) is 0 Å². The van der Waals surface area contributed by atoms with Gasteiger partial charge in [-0.1, -0.05) is 29.8 Å². The number of anilines is 2. The van der Waals surface area contributed by atoms with Crippen LogP contribution in [-0.2, 0) is 0 Å². The van der Waals surface area contributed by atoms with Gasteiger partial charge in [0.2, 0.25) is 0 Å². The number of benzene rings is 2. The van der Waals surface area contributed by atoms with Gasteiger partial charge in [-0.05, 0) is 24.3 Å². The third kappa shape index (κ3) is 2.43. The summed E-state index contributed by atoms with van der Waals surface area (Å²) in [4.78, 5) is 11.9. The van der Waals surface area contributed by atoms with Crippen LogP contribution in [0.3, 0.4) is 0 Å². The van der Waals surface area contributed by atoms with Crippen LogP contribution in [0, 0.1) is 5.82 Å². The number of nitrogen functional groups attached to an aromatic ring is 1. The Labute approximate surface area is 108 Å². The number of hydrogen-bond acceptors (Lipinski definition) is 2. The SMILES string of the molecule is Nc1cccc(F)c1C(=O)Nc1ccccc1Cl. The smallest absolute Gasteiger partial charge is 0.260 e. The number of para-hydroxylation sites is 1. The average Bonchev–Trinajstić information content (AvgIpc) is 2.32. The number of hydrogen-bond donors (Lipinski definition) is 2. The van der Waals surface area contributed by atoms with Gasteiger partial charge in [0.15, 0.2) is 0 Å². The van der Waals surface area contributed by atoms with Crippen LogP contribution in [0.2, 0.25) is 5.02 Å². The van der Waals surface area contributed by atoms with Crippen LogP contribution in [0.5, 0.6) is 0 Å². The van der Waals surface area contributed by atoms with Gasteiger partial charge in [-0.25, -0.2) is 4.39 Å². The molecule has 0 aromatic heterocycles. The van der Waals surface area contributed by atoms with E-state index in [1.54, 1.807) is 24.3 Å². The van der Waals surface area contributed by atoms with Crippen LogP contribution in [0.1, 0.15) is 10.4 Å². The molecule has 5 heteroatoms. The molecule has 3 N–H and O–H groups in total. The molecule has 0 atom stereocenters. The zero-order valence-corrected chi connectivity index (χ0v) is 10.0. The first kappa shape index (κ1) is 12.4. The Morgan fingerprint density at radius 2 is 1.89 bits per heavy atom. The maximum Gasteiger partial charge on any atom is 0.260 e. The minimum absolute atomic E-state index is 0.0829. The summed E-state index contributed by atoms with van der Waals surface area (Å²) in [6.45, 7) is 0. The Hall–Kier alpha value is -2.07. The lowest BCUT2D eigenvalue weighted by molar-refractivity contribution is 0.102. The maximum absolute atomic E-state index is 13.5. The molecular weight excluding hydrogens is 255 g/mol. The highest BCUT2D eigenvalue weighted by Gasteiger charge is 2.15. The van der Waals surface area contributed by atoms with Crippen molar-refractivity contribution < 1.29 is 9.18 Å². The van der Waals surface area contributed by atoms with E-state index >= 15 is 0 Å². The summed E-state index contributed by atoms with van der Waals surface area (Å²) in [5, 5.41) is 2.89. The van der Waals surface area contributed by atoms with Crippen molar-refractivity contribution in [2.75, 3.05) is 11.1 Å². The molecule has 92 valence electrons. The molecule has 0 fully saturated rings. The molecule has 2 rings (SSSR count). The summed E-state index contributed by atoms with van der Waals surface area (Å²) >= 11 is 5.90. The molecule has 3 nitrogen and oxygen atoms in total. The summed E-state index contributed by atoms with van der Waals surface area (Å²) < 4.78 is 13.5. The molecule has 0 spiro atoms. The predicted octanol–water partition coefficient (Wildman–Crippen LogP) is 3.31. The zero-order chi connectivity index (χ0) is 13.1. The lowest BCUT2D eigenvalue weighted by Gasteiger charge is -2.09. The molecule has 0 radical (unpaired) electrons. The molecule has 0 heterocycles. The summed E-state index contributed by atoms with van der Waals surface area (Å²) in [5.74, 6) is -1.29. The largest absolute Gasteiger partial charge is 0.398 e. The summed E-state index contributed by atoms with van der Waals surface area (Å²) in [5.41, 5.74) is 5.89. The minimum atomic E-state index is -0.667. The van der Waals surface area contributed by atoms with E-state index in [0.29, 0.717) is 10.7 Å². The molecule has 18 heavy (non-hydrogen) atoms. The first-order valence-corrected chi connectivity index (χ1v) is 5.57. The van der Waals surface area contributed by atoms with E-state index in [4.69, 9.17) is 17.3 Å². The van der Waals surface area contributed by atoms with Gasteiger partial charge in [-0.15, -0.1) is 0 Å². The molecule has 0 bridgehead atoms. The number of nitrogens with one attached hydrogen (secondary N) is 1. The van der Waals surface area contributed by atoms with Gasteiger partial charge < -0.3 is 11.1 Å². The summed E-state index contributed by atoms with van der Waals surface area (Å²) in [6.07, 6.45) is 0. The van der Waals surface area contributed by atoms with E-state index in [1.807, 2.05) is 0 Å². The fourth-order valence-corrected chi connectivity index (χ4v) is 1.71. The molecule has 1 amide bonds. The monoisotopic (exact) mass is 264 g/mol. The third-order valence-electron chi connectivity index (χ3n) is 2.39. The molecule has 0 aliphatic carbocycles.